The molecule has 1 N–H and O–H groups in total. The molecule has 80 valence electrons. The molecular weight excluding hydrogens is 220 g/mol. The highest BCUT2D eigenvalue weighted by atomic mass is 35.5. The van der Waals surface area contributed by atoms with Gasteiger partial charge in [-0.25, -0.2) is 0 Å². The fourth-order valence-electron chi connectivity index (χ4n) is 1.13. The van der Waals surface area contributed by atoms with E-state index in [1.54, 1.807) is 0 Å². The van der Waals surface area contributed by atoms with E-state index in [-0.39, 0.29) is 11.3 Å². The first-order valence-corrected chi connectivity index (χ1v) is 4.51. The van der Waals surface area contributed by atoms with E-state index in [2.05, 4.69) is 0 Å². The fraction of sp³-hybridized carbons (Fsp3) is 0.200. The maximum Gasteiger partial charge on any atom is 0.311 e. The molecule has 0 aliphatic heterocycles. The maximum atomic E-state index is 11.4. The monoisotopic (exact) mass is 228 g/mol. The number of halogens is 1. The number of benzene rings is 1. The SMILES string of the molecule is COc1cc(Cl)ccc1C(=O)CC(=O)O. The van der Waals surface area contributed by atoms with Gasteiger partial charge in [-0.15, -0.1) is 0 Å². The van der Waals surface area contributed by atoms with E-state index in [0.29, 0.717) is 5.02 Å². The van der Waals surface area contributed by atoms with E-state index >= 15 is 0 Å². The summed E-state index contributed by atoms with van der Waals surface area (Å²) in [6, 6.07) is 4.43. The number of aliphatic carboxylic acids is 1. The molecule has 1 rings (SSSR count). The van der Waals surface area contributed by atoms with Crippen molar-refractivity contribution in [3.8, 4) is 5.75 Å². The van der Waals surface area contributed by atoms with Crippen molar-refractivity contribution in [2.24, 2.45) is 0 Å². The van der Waals surface area contributed by atoms with E-state index < -0.39 is 18.2 Å². The number of hydrogen-bond acceptors (Lipinski definition) is 3. The van der Waals surface area contributed by atoms with Crippen LogP contribution in [-0.2, 0) is 4.79 Å². The molecule has 1 aromatic carbocycles. The van der Waals surface area contributed by atoms with Crippen LogP contribution < -0.4 is 4.74 Å². The molecule has 0 saturated carbocycles. The summed E-state index contributed by atoms with van der Waals surface area (Å²) in [7, 11) is 1.39. The summed E-state index contributed by atoms with van der Waals surface area (Å²) < 4.78 is 4.93. The summed E-state index contributed by atoms with van der Waals surface area (Å²) in [5.74, 6) is -1.39. The van der Waals surface area contributed by atoms with Gasteiger partial charge in [-0.2, -0.15) is 0 Å². The Hall–Kier alpha value is -1.55. The second-order valence-corrected chi connectivity index (χ2v) is 3.27. The molecule has 0 atom stereocenters. The summed E-state index contributed by atoms with van der Waals surface area (Å²) in [4.78, 5) is 21.8. The van der Waals surface area contributed by atoms with Crippen LogP contribution in [0.1, 0.15) is 16.8 Å². The molecule has 0 bridgehead atoms. The third kappa shape index (κ3) is 2.95. The number of carboxylic acid groups (broad SMARTS) is 1. The largest absolute Gasteiger partial charge is 0.496 e. The van der Waals surface area contributed by atoms with E-state index in [9.17, 15) is 9.59 Å². The molecule has 0 unspecified atom stereocenters. The fourth-order valence-corrected chi connectivity index (χ4v) is 1.29. The van der Waals surface area contributed by atoms with Crippen LogP contribution in [-0.4, -0.2) is 24.0 Å². The zero-order valence-corrected chi connectivity index (χ0v) is 8.75. The van der Waals surface area contributed by atoms with Gasteiger partial charge in [0, 0.05) is 5.02 Å². The lowest BCUT2D eigenvalue weighted by molar-refractivity contribution is -0.135. The Morgan fingerprint density at radius 1 is 1.47 bits per heavy atom. The van der Waals surface area contributed by atoms with Crippen LogP contribution in [0.3, 0.4) is 0 Å². The van der Waals surface area contributed by atoms with E-state index in [1.807, 2.05) is 0 Å². The topological polar surface area (TPSA) is 63.6 Å². The molecule has 15 heavy (non-hydrogen) atoms. The van der Waals surface area contributed by atoms with Gasteiger partial charge in [0.1, 0.15) is 12.2 Å². The first-order valence-electron chi connectivity index (χ1n) is 4.13. The average molecular weight is 229 g/mol. The van der Waals surface area contributed by atoms with Crippen LogP contribution in [0.25, 0.3) is 0 Å². The molecule has 0 aromatic heterocycles. The summed E-state index contributed by atoms with van der Waals surface area (Å²) >= 11 is 5.70. The van der Waals surface area contributed by atoms with Gasteiger partial charge in [-0.1, -0.05) is 11.6 Å². The molecule has 0 spiro atoms. The summed E-state index contributed by atoms with van der Waals surface area (Å²) in [5, 5.41) is 8.91. The van der Waals surface area contributed by atoms with E-state index in [4.69, 9.17) is 21.4 Å². The zero-order valence-electron chi connectivity index (χ0n) is 7.99. The Bertz CT molecular complexity index is 400. The smallest absolute Gasteiger partial charge is 0.311 e. The van der Waals surface area contributed by atoms with Crippen LogP contribution in [0, 0.1) is 0 Å². The summed E-state index contributed by atoms with van der Waals surface area (Å²) in [5.41, 5.74) is 0.226. The van der Waals surface area contributed by atoms with Gasteiger partial charge in [-0.3, -0.25) is 9.59 Å². The van der Waals surface area contributed by atoms with Gasteiger partial charge in [-0.05, 0) is 18.2 Å². The predicted molar refractivity (Wildman–Crippen MR) is 54.6 cm³/mol. The van der Waals surface area contributed by atoms with Crippen molar-refractivity contribution in [1.82, 2.24) is 0 Å². The second-order valence-electron chi connectivity index (χ2n) is 2.84. The van der Waals surface area contributed by atoms with E-state index in [1.165, 1.54) is 25.3 Å². The number of ketones is 1. The zero-order chi connectivity index (χ0) is 11.4. The summed E-state index contributed by atoms with van der Waals surface area (Å²) in [6.07, 6.45) is -0.558. The molecule has 1 aromatic rings. The summed E-state index contributed by atoms with van der Waals surface area (Å²) in [6.45, 7) is 0. The quantitative estimate of drug-likeness (QED) is 0.633. The number of carboxylic acids is 1. The molecular formula is C10H9ClO4. The average Bonchev–Trinajstić information content (AvgIpc) is 2.16. The highest BCUT2D eigenvalue weighted by molar-refractivity contribution is 6.31. The van der Waals surface area contributed by atoms with Gasteiger partial charge in [0.25, 0.3) is 0 Å². The van der Waals surface area contributed by atoms with Gasteiger partial charge in [0.15, 0.2) is 5.78 Å². The number of Topliss-reactive ketones (excluding diaryl/α,β-unsaturated/α-hetero) is 1. The Morgan fingerprint density at radius 2 is 2.13 bits per heavy atom. The Balaban J connectivity index is 3.02. The molecule has 0 saturated heterocycles. The third-order valence-corrected chi connectivity index (χ3v) is 2.01. The molecule has 4 nitrogen and oxygen atoms in total. The van der Waals surface area contributed by atoms with Crippen LogP contribution in [0.15, 0.2) is 18.2 Å². The van der Waals surface area contributed by atoms with Gasteiger partial charge >= 0.3 is 5.97 Å². The number of rotatable bonds is 4. The van der Waals surface area contributed by atoms with Crippen molar-refractivity contribution in [2.45, 2.75) is 6.42 Å². The maximum absolute atomic E-state index is 11.4. The van der Waals surface area contributed by atoms with Crippen LogP contribution in [0.5, 0.6) is 5.75 Å². The van der Waals surface area contributed by atoms with Gasteiger partial charge in [0.05, 0.1) is 12.7 Å². The van der Waals surface area contributed by atoms with Crippen molar-refractivity contribution in [2.75, 3.05) is 7.11 Å². The number of carbonyl (C=O) groups is 2. The molecule has 0 aliphatic rings. The standard InChI is InChI=1S/C10H9ClO4/c1-15-9-4-6(11)2-3-7(9)8(12)5-10(13)14/h2-4H,5H2,1H3,(H,13,14). The van der Waals surface area contributed by atoms with Crippen molar-refractivity contribution < 1.29 is 19.4 Å². The third-order valence-electron chi connectivity index (χ3n) is 1.78. The molecule has 5 heteroatoms. The molecule has 0 fully saturated rings. The number of carbonyl (C=O) groups excluding carboxylic acids is 1. The van der Waals surface area contributed by atoms with E-state index in [0.717, 1.165) is 0 Å². The minimum Gasteiger partial charge on any atom is -0.496 e. The molecule has 0 aliphatic carbocycles. The number of hydrogen-bond donors (Lipinski definition) is 1. The minimum absolute atomic E-state index is 0.226. The predicted octanol–water partition coefficient (Wildman–Crippen LogP) is 2.01. The van der Waals surface area contributed by atoms with Crippen LogP contribution >= 0.6 is 11.6 Å². The lowest BCUT2D eigenvalue weighted by Gasteiger charge is -2.06. The van der Waals surface area contributed by atoms with Gasteiger partial charge in [0.2, 0.25) is 0 Å². The lowest BCUT2D eigenvalue weighted by atomic mass is 10.1. The van der Waals surface area contributed by atoms with Crippen molar-refractivity contribution in [3.05, 3.63) is 28.8 Å². The van der Waals surface area contributed by atoms with Crippen molar-refractivity contribution >= 4 is 23.4 Å². The van der Waals surface area contributed by atoms with Crippen molar-refractivity contribution in [1.29, 1.82) is 0 Å². The minimum atomic E-state index is -1.17. The van der Waals surface area contributed by atoms with Gasteiger partial charge < -0.3 is 9.84 Å². The second kappa shape index (κ2) is 4.79. The molecule has 0 heterocycles. The Kier molecular flexibility index (Phi) is 3.68. The normalized spacial score (nSPS) is 9.73. The number of methoxy groups -OCH3 is 1. The molecule has 0 amide bonds. The highest BCUT2D eigenvalue weighted by Gasteiger charge is 2.15. The Morgan fingerprint density at radius 3 is 2.67 bits per heavy atom. The van der Waals surface area contributed by atoms with Crippen LogP contribution in [0.4, 0.5) is 0 Å². The van der Waals surface area contributed by atoms with Crippen LogP contribution in [0.2, 0.25) is 5.02 Å². The highest BCUT2D eigenvalue weighted by Crippen LogP contribution is 2.24. The number of ether oxygens (including phenoxy) is 1. The first kappa shape index (κ1) is 11.5. The van der Waals surface area contributed by atoms with Crippen molar-refractivity contribution in [3.63, 3.8) is 0 Å². The molecule has 0 radical (unpaired) electrons. The lowest BCUT2D eigenvalue weighted by Crippen LogP contribution is -2.08. The Labute approximate surface area is 91.4 Å². The first-order chi connectivity index (χ1) is 7.04.